The Balaban J connectivity index is 2.70. The van der Waals surface area contributed by atoms with Gasteiger partial charge in [0, 0.05) is 12.5 Å². The van der Waals surface area contributed by atoms with Crippen molar-refractivity contribution in [3.63, 3.8) is 0 Å². The summed E-state index contributed by atoms with van der Waals surface area (Å²) in [5.74, 6) is -0.174. The fraction of sp³-hybridized carbons (Fsp3) is 0.867. The molecule has 5 heteroatoms. The molecule has 1 N–H and O–H groups in total. The molecule has 0 bridgehead atoms. The van der Waals surface area contributed by atoms with E-state index < -0.39 is 0 Å². The Morgan fingerprint density at radius 3 is 2.35 bits per heavy atom. The molecule has 1 saturated carbocycles. The van der Waals surface area contributed by atoms with Crippen LogP contribution in [0.25, 0.3) is 0 Å². The predicted octanol–water partition coefficient (Wildman–Crippen LogP) is 2.88. The van der Waals surface area contributed by atoms with E-state index in [-0.39, 0.29) is 28.9 Å². The summed E-state index contributed by atoms with van der Waals surface area (Å²) in [5.41, 5.74) is 0.163. The minimum Gasteiger partial charge on any atom is -0.469 e. The molecule has 0 spiro atoms. The Bertz CT molecular complexity index is 367. The van der Waals surface area contributed by atoms with Crippen molar-refractivity contribution in [2.24, 2.45) is 10.8 Å². The summed E-state index contributed by atoms with van der Waals surface area (Å²) in [6.45, 7) is 6.59. The second-order valence-corrected chi connectivity index (χ2v) is 6.97. The zero-order valence-corrected chi connectivity index (χ0v) is 13.2. The van der Waals surface area contributed by atoms with E-state index in [1.807, 2.05) is 0 Å². The van der Waals surface area contributed by atoms with E-state index in [4.69, 9.17) is 4.74 Å². The van der Waals surface area contributed by atoms with E-state index in [9.17, 15) is 9.59 Å². The van der Waals surface area contributed by atoms with Crippen molar-refractivity contribution in [1.29, 1.82) is 0 Å². The molecule has 0 aromatic rings. The molecule has 1 rings (SSSR count). The number of esters is 1. The molecule has 0 heterocycles. The standard InChI is InChI=1S/C15H27NO4/c1-14(2)8-11(16-13(18)20-5)9-15(3,10-14)7-6-12(17)19-4/h11H,6-10H2,1-5H3,(H,16,18). The van der Waals surface area contributed by atoms with Crippen LogP contribution in [0.15, 0.2) is 0 Å². The second-order valence-electron chi connectivity index (χ2n) is 6.97. The van der Waals surface area contributed by atoms with Gasteiger partial charge in [0.05, 0.1) is 14.2 Å². The number of hydrogen-bond donors (Lipinski definition) is 1. The van der Waals surface area contributed by atoms with Gasteiger partial charge in [-0.2, -0.15) is 0 Å². The first-order valence-electron chi connectivity index (χ1n) is 7.11. The van der Waals surface area contributed by atoms with Crippen LogP contribution in [-0.2, 0) is 14.3 Å². The largest absolute Gasteiger partial charge is 0.469 e. The van der Waals surface area contributed by atoms with E-state index in [1.165, 1.54) is 14.2 Å². The number of alkyl carbamates (subject to hydrolysis) is 1. The van der Waals surface area contributed by atoms with Crippen LogP contribution in [0.5, 0.6) is 0 Å². The number of rotatable bonds is 4. The van der Waals surface area contributed by atoms with Crippen molar-refractivity contribution in [3.05, 3.63) is 0 Å². The van der Waals surface area contributed by atoms with Crippen molar-refractivity contribution in [1.82, 2.24) is 5.32 Å². The van der Waals surface area contributed by atoms with Crippen LogP contribution >= 0.6 is 0 Å². The zero-order valence-electron chi connectivity index (χ0n) is 13.2. The number of carbonyl (C=O) groups is 2. The van der Waals surface area contributed by atoms with Gasteiger partial charge in [0.1, 0.15) is 0 Å². The van der Waals surface area contributed by atoms with Crippen LogP contribution in [0, 0.1) is 10.8 Å². The van der Waals surface area contributed by atoms with Gasteiger partial charge in [-0.3, -0.25) is 4.79 Å². The zero-order chi connectivity index (χ0) is 15.4. The van der Waals surface area contributed by atoms with Gasteiger partial charge in [0.2, 0.25) is 0 Å². The number of carbonyl (C=O) groups excluding carboxylic acids is 2. The maximum absolute atomic E-state index is 11.4. The number of nitrogens with one attached hydrogen (secondary N) is 1. The van der Waals surface area contributed by atoms with Gasteiger partial charge in [-0.05, 0) is 36.5 Å². The molecule has 116 valence electrons. The number of ether oxygens (including phenoxy) is 2. The lowest BCUT2D eigenvalue weighted by Crippen LogP contribution is -2.47. The highest BCUT2D eigenvalue weighted by Crippen LogP contribution is 2.48. The van der Waals surface area contributed by atoms with E-state index >= 15 is 0 Å². The van der Waals surface area contributed by atoms with Crippen LogP contribution in [0.2, 0.25) is 0 Å². The van der Waals surface area contributed by atoms with Crippen LogP contribution in [0.3, 0.4) is 0 Å². The smallest absolute Gasteiger partial charge is 0.407 e. The highest BCUT2D eigenvalue weighted by molar-refractivity contribution is 5.69. The lowest BCUT2D eigenvalue weighted by molar-refractivity contribution is -0.141. The Morgan fingerprint density at radius 2 is 1.80 bits per heavy atom. The van der Waals surface area contributed by atoms with Crippen molar-refractivity contribution < 1.29 is 19.1 Å². The molecule has 0 saturated heterocycles. The van der Waals surface area contributed by atoms with Crippen molar-refractivity contribution in [3.8, 4) is 0 Å². The third kappa shape index (κ3) is 5.02. The molecule has 0 radical (unpaired) electrons. The normalized spacial score (nSPS) is 28.6. The fourth-order valence-electron chi connectivity index (χ4n) is 3.66. The molecule has 0 aromatic heterocycles. The second kappa shape index (κ2) is 6.46. The van der Waals surface area contributed by atoms with Crippen molar-refractivity contribution in [2.75, 3.05) is 14.2 Å². The summed E-state index contributed by atoms with van der Waals surface area (Å²) in [6, 6.07) is 0.0915. The topological polar surface area (TPSA) is 64.6 Å². The van der Waals surface area contributed by atoms with E-state index in [0.29, 0.717) is 6.42 Å². The highest BCUT2D eigenvalue weighted by Gasteiger charge is 2.41. The van der Waals surface area contributed by atoms with Gasteiger partial charge < -0.3 is 14.8 Å². The van der Waals surface area contributed by atoms with Crippen LogP contribution in [0.4, 0.5) is 4.79 Å². The number of hydrogen-bond acceptors (Lipinski definition) is 4. The Labute approximate surface area is 121 Å². The van der Waals surface area contributed by atoms with Crippen molar-refractivity contribution in [2.45, 2.75) is 58.9 Å². The molecule has 0 aliphatic heterocycles. The molecular formula is C15H27NO4. The third-order valence-electron chi connectivity index (χ3n) is 4.11. The Hall–Kier alpha value is -1.26. The molecule has 0 aromatic carbocycles. The van der Waals surface area contributed by atoms with Gasteiger partial charge in [-0.15, -0.1) is 0 Å². The predicted molar refractivity (Wildman–Crippen MR) is 76.3 cm³/mol. The lowest BCUT2D eigenvalue weighted by Gasteiger charge is -2.46. The molecule has 20 heavy (non-hydrogen) atoms. The fourth-order valence-corrected chi connectivity index (χ4v) is 3.66. The van der Waals surface area contributed by atoms with Crippen LogP contribution in [0.1, 0.15) is 52.9 Å². The average molecular weight is 285 g/mol. The monoisotopic (exact) mass is 285 g/mol. The van der Waals surface area contributed by atoms with Crippen LogP contribution < -0.4 is 5.32 Å². The Kier molecular flexibility index (Phi) is 5.42. The van der Waals surface area contributed by atoms with Crippen LogP contribution in [-0.4, -0.2) is 32.3 Å². The van der Waals surface area contributed by atoms with Gasteiger partial charge in [0.15, 0.2) is 0 Å². The third-order valence-corrected chi connectivity index (χ3v) is 4.11. The first-order valence-corrected chi connectivity index (χ1v) is 7.11. The molecule has 2 unspecified atom stereocenters. The molecule has 1 amide bonds. The molecule has 1 aliphatic carbocycles. The van der Waals surface area contributed by atoms with E-state index in [0.717, 1.165) is 25.7 Å². The maximum atomic E-state index is 11.4. The maximum Gasteiger partial charge on any atom is 0.407 e. The molecular weight excluding hydrogens is 258 g/mol. The first-order chi connectivity index (χ1) is 9.19. The minimum atomic E-state index is -0.386. The van der Waals surface area contributed by atoms with Gasteiger partial charge in [-0.25, -0.2) is 4.79 Å². The SMILES string of the molecule is COC(=O)CCC1(C)CC(NC(=O)OC)CC(C)(C)C1. The molecule has 5 nitrogen and oxygen atoms in total. The van der Waals surface area contributed by atoms with Gasteiger partial charge in [0.25, 0.3) is 0 Å². The average Bonchev–Trinajstić information content (AvgIpc) is 2.33. The van der Waals surface area contributed by atoms with E-state index in [1.54, 1.807) is 0 Å². The molecule has 2 atom stereocenters. The summed E-state index contributed by atoms with van der Waals surface area (Å²) < 4.78 is 9.40. The summed E-state index contributed by atoms with van der Waals surface area (Å²) in [5, 5.41) is 2.90. The summed E-state index contributed by atoms with van der Waals surface area (Å²) in [6.07, 6.45) is 3.65. The number of amides is 1. The minimum absolute atomic E-state index is 0.0294. The van der Waals surface area contributed by atoms with E-state index in [2.05, 4.69) is 30.8 Å². The molecule has 1 aliphatic rings. The first kappa shape index (κ1) is 16.8. The summed E-state index contributed by atoms with van der Waals surface area (Å²) in [7, 11) is 2.79. The number of methoxy groups -OCH3 is 2. The molecule has 1 fully saturated rings. The van der Waals surface area contributed by atoms with Crippen molar-refractivity contribution >= 4 is 12.1 Å². The Morgan fingerprint density at radius 1 is 1.15 bits per heavy atom. The van der Waals surface area contributed by atoms with Gasteiger partial charge in [-0.1, -0.05) is 20.8 Å². The van der Waals surface area contributed by atoms with Gasteiger partial charge >= 0.3 is 12.1 Å². The summed E-state index contributed by atoms with van der Waals surface area (Å²) in [4.78, 5) is 22.8. The summed E-state index contributed by atoms with van der Waals surface area (Å²) >= 11 is 0. The quantitative estimate of drug-likeness (QED) is 0.807. The lowest BCUT2D eigenvalue weighted by atomic mass is 9.61. The highest BCUT2D eigenvalue weighted by atomic mass is 16.5.